The summed E-state index contributed by atoms with van der Waals surface area (Å²) in [6.07, 6.45) is 3.96. The molecule has 0 spiro atoms. The predicted octanol–water partition coefficient (Wildman–Crippen LogP) is 3.80. The average Bonchev–Trinajstić information content (AvgIpc) is 2.50. The van der Waals surface area contributed by atoms with Gasteiger partial charge in [-0.1, -0.05) is 23.2 Å². The summed E-state index contributed by atoms with van der Waals surface area (Å²) in [4.78, 5) is 14.4. The molecular weight excluding hydrogens is 357 g/mol. The van der Waals surface area contributed by atoms with E-state index in [9.17, 15) is 4.79 Å². The van der Waals surface area contributed by atoms with Crippen molar-refractivity contribution in [3.63, 3.8) is 0 Å². The molecule has 1 aromatic carbocycles. The molecule has 0 radical (unpaired) electrons. The van der Waals surface area contributed by atoms with Crippen molar-refractivity contribution in [2.75, 3.05) is 31.5 Å². The lowest BCUT2D eigenvalue weighted by Gasteiger charge is -2.32. The summed E-state index contributed by atoms with van der Waals surface area (Å²) in [6, 6.07) is 5.05. The Balaban J connectivity index is 0.00000264. The van der Waals surface area contributed by atoms with Crippen molar-refractivity contribution in [3.8, 4) is 0 Å². The number of nitrogens with one attached hydrogen (secondary N) is 1. The van der Waals surface area contributed by atoms with E-state index in [1.54, 1.807) is 18.2 Å². The van der Waals surface area contributed by atoms with Crippen LogP contribution in [0.25, 0.3) is 0 Å². The van der Waals surface area contributed by atoms with Gasteiger partial charge in [-0.2, -0.15) is 0 Å². The Bertz CT molecular complexity index is 511. The van der Waals surface area contributed by atoms with E-state index in [0.717, 1.165) is 32.6 Å². The van der Waals surface area contributed by atoms with Crippen LogP contribution in [0.2, 0.25) is 10.0 Å². The Morgan fingerprint density at radius 1 is 1.39 bits per heavy atom. The number of benzene rings is 1. The van der Waals surface area contributed by atoms with Gasteiger partial charge in [0.1, 0.15) is 0 Å². The highest BCUT2D eigenvalue weighted by Crippen LogP contribution is 2.25. The van der Waals surface area contributed by atoms with E-state index >= 15 is 0 Å². The first-order chi connectivity index (χ1) is 10.6. The van der Waals surface area contributed by atoms with Crippen LogP contribution in [0, 0.1) is 5.92 Å². The number of rotatable bonds is 6. The van der Waals surface area contributed by atoms with E-state index in [-0.39, 0.29) is 18.3 Å². The molecule has 7 heteroatoms. The lowest BCUT2D eigenvalue weighted by atomic mass is 9.95. The predicted molar refractivity (Wildman–Crippen MR) is 99.8 cm³/mol. The number of hydrogen-bond donors (Lipinski definition) is 2. The molecule has 1 aliphatic heterocycles. The number of carbonyl (C=O) groups is 1. The molecule has 0 aromatic heterocycles. The highest BCUT2D eigenvalue weighted by molar-refractivity contribution is 6.35. The lowest BCUT2D eigenvalue weighted by molar-refractivity contribution is -0.116. The quantitative estimate of drug-likeness (QED) is 0.789. The Morgan fingerprint density at radius 3 is 2.91 bits per heavy atom. The molecular formula is C16H24Cl3N3O. The second-order valence-corrected chi connectivity index (χ2v) is 6.65. The standard InChI is InChI=1S/C16H23Cl2N3O.ClH/c17-13-3-4-14(18)15(10-13)20-16(22)6-9-21-8-1-2-12(11-21)5-7-19;/h3-4,10,12H,1-2,5-9,11,19H2,(H,20,22);1H. The topological polar surface area (TPSA) is 58.4 Å². The van der Waals surface area contributed by atoms with Crippen LogP contribution in [0.15, 0.2) is 18.2 Å². The molecule has 1 amide bonds. The number of piperidine rings is 1. The molecule has 23 heavy (non-hydrogen) atoms. The van der Waals surface area contributed by atoms with Gasteiger partial charge in [-0.15, -0.1) is 12.4 Å². The van der Waals surface area contributed by atoms with Crippen LogP contribution in [0.4, 0.5) is 5.69 Å². The summed E-state index contributed by atoms with van der Waals surface area (Å²) in [5, 5.41) is 3.88. The Hall–Kier alpha value is -0.520. The second kappa shape index (κ2) is 10.4. The maximum atomic E-state index is 12.1. The number of halogens is 3. The van der Waals surface area contributed by atoms with Crippen molar-refractivity contribution < 1.29 is 4.79 Å². The maximum absolute atomic E-state index is 12.1. The van der Waals surface area contributed by atoms with Gasteiger partial charge in [0.2, 0.25) is 5.91 Å². The smallest absolute Gasteiger partial charge is 0.225 e. The van der Waals surface area contributed by atoms with Gasteiger partial charge in [-0.05, 0) is 56.5 Å². The van der Waals surface area contributed by atoms with Crippen LogP contribution >= 0.6 is 35.6 Å². The van der Waals surface area contributed by atoms with Crippen LogP contribution in [-0.4, -0.2) is 37.0 Å². The fourth-order valence-electron chi connectivity index (χ4n) is 2.89. The maximum Gasteiger partial charge on any atom is 0.225 e. The molecule has 1 fully saturated rings. The van der Waals surface area contributed by atoms with Gasteiger partial charge in [0.15, 0.2) is 0 Å². The number of carbonyl (C=O) groups excluding carboxylic acids is 1. The van der Waals surface area contributed by atoms with E-state index in [0.29, 0.717) is 28.1 Å². The summed E-state index contributed by atoms with van der Waals surface area (Å²) >= 11 is 12.0. The van der Waals surface area contributed by atoms with Crippen LogP contribution in [0.3, 0.4) is 0 Å². The molecule has 1 heterocycles. The van der Waals surface area contributed by atoms with Gasteiger partial charge in [-0.25, -0.2) is 0 Å². The van der Waals surface area contributed by atoms with Gasteiger partial charge in [0.25, 0.3) is 0 Å². The first-order valence-corrected chi connectivity index (χ1v) is 8.51. The summed E-state index contributed by atoms with van der Waals surface area (Å²) < 4.78 is 0. The van der Waals surface area contributed by atoms with Gasteiger partial charge >= 0.3 is 0 Å². The zero-order valence-electron chi connectivity index (χ0n) is 13.1. The van der Waals surface area contributed by atoms with Crippen LogP contribution in [0.5, 0.6) is 0 Å². The lowest BCUT2D eigenvalue weighted by Crippen LogP contribution is -2.37. The van der Waals surface area contributed by atoms with Crippen molar-refractivity contribution in [1.29, 1.82) is 0 Å². The van der Waals surface area contributed by atoms with E-state index < -0.39 is 0 Å². The number of anilines is 1. The van der Waals surface area contributed by atoms with E-state index in [2.05, 4.69) is 10.2 Å². The minimum atomic E-state index is -0.0369. The highest BCUT2D eigenvalue weighted by Gasteiger charge is 2.19. The molecule has 1 atom stereocenters. The Kier molecular flexibility index (Phi) is 9.25. The molecule has 3 N–H and O–H groups in total. The average molecular weight is 381 g/mol. The summed E-state index contributed by atoms with van der Waals surface area (Å²) in [7, 11) is 0. The number of likely N-dealkylation sites (tertiary alicyclic amines) is 1. The molecule has 0 saturated carbocycles. The van der Waals surface area contributed by atoms with Crippen molar-refractivity contribution >= 4 is 47.2 Å². The summed E-state index contributed by atoms with van der Waals surface area (Å²) in [5.74, 6) is 0.634. The first kappa shape index (κ1) is 20.5. The van der Waals surface area contributed by atoms with Crippen LogP contribution in [-0.2, 0) is 4.79 Å². The van der Waals surface area contributed by atoms with E-state index in [1.165, 1.54) is 12.8 Å². The van der Waals surface area contributed by atoms with Crippen molar-refractivity contribution in [1.82, 2.24) is 4.90 Å². The fraction of sp³-hybridized carbons (Fsp3) is 0.562. The molecule has 0 aliphatic carbocycles. The number of nitrogens with two attached hydrogens (primary N) is 1. The SMILES string of the molecule is Cl.NCCC1CCCN(CCC(=O)Nc2cc(Cl)ccc2Cl)C1. The van der Waals surface area contributed by atoms with Gasteiger partial charge < -0.3 is 16.0 Å². The Morgan fingerprint density at radius 2 is 2.17 bits per heavy atom. The number of hydrogen-bond acceptors (Lipinski definition) is 3. The molecule has 2 rings (SSSR count). The minimum absolute atomic E-state index is 0. The van der Waals surface area contributed by atoms with Gasteiger partial charge in [0, 0.05) is 24.5 Å². The zero-order valence-corrected chi connectivity index (χ0v) is 15.4. The number of amides is 1. The summed E-state index contributed by atoms with van der Waals surface area (Å²) in [6.45, 7) is 3.62. The molecule has 1 unspecified atom stereocenters. The minimum Gasteiger partial charge on any atom is -0.330 e. The number of nitrogens with zero attached hydrogens (tertiary/aromatic N) is 1. The summed E-state index contributed by atoms with van der Waals surface area (Å²) in [5.41, 5.74) is 6.20. The third kappa shape index (κ3) is 6.86. The molecule has 0 bridgehead atoms. The Labute approximate surface area is 154 Å². The van der Waals surface area contributed by atoms with Crippen molar-refractivity contribution in [2.45, 2.75) is 25.7 Å². The highest BCUT2D eigenvalue weighted by atomic mass is 35.5. The van der Waals surface area contributed by atoms with Crippen molar-refractivity contribution in [2.24, 2.45) is 11.7 Å². The normalized spacial score (nSPS) is 18.3. The first-order valence-electron chi connectivity index (χ1n) is 7.76. The van der Waals surface area contributed by atoms with Crippen LogP contribution < -0.4 is 11.1 Å². The van der Waals surface area contributed by atoms with E-state index in [4.69, 9.17) is 28.9 Å². The second-order valence-electron chi connectivity index (χ2n) is 5.81. The largest absolute Gasteiger partial charge is 0.330 e. The fourth-order valence-corrected chi connectivity index (χ4v) is 3.23. The molecule has 4 nitrogen and oxygen atoms in total. The zero-order chi connectivity index (χ0) is 15.9. The van der Waals surface area contributed by atoms with Crippen LogP contribution in [0.1, 0.15) is 25.7 Å². The molecule has 1 aliphatic rings. The third-order valence-corrected chi connectivity index (χ3v) is 4.60. The monoisotopic (exact) mass is 379 g/mol. The molecule has 1 saturated heterocycles. The third-order valence-electron chi connectivity index (χ3n) is 4.04. The van der Waals surface area contributed by atoms with E-state index in [1.807, 2.05) is 0 Å². The van der Waals surface area contributed by atoms with Gasteiger partial charge in [-0.3, -0.25) is 4.79 Å². The van der Waals surface area contributed by atoms with Gasteiger partial charge in [0.05, 0.1) is 10.7 Å². The molecule has 130 valence electrons. The van der Waals surface area contributed by atoms with Crippen molar-refractivity contribution in [3.05, 3.63) is 28.2 Å². The molecule has 1 aromatic rings.